The Morgan fingerprint density at radius 2 is 1.89 bits per heavy atom. The lowest BCUT2D eigenvalue weighted by atomic mass is 9.92. The summed E-state index contributed by atoms with van der Waals surface area (Å²) in [5, 5.41) is 15.1. The third-order valence-corrected chi connectivity index (χ3v) is 6.71. The van der Waals surface area contributed by atoms with E-state index in [1.54, 1.807) is 7.11 Å². The van der Waals surface area contributed by atoms with Crippen LogP contribution in [0, 0.1) is 17.8 Å². The van der Waals surface area contributed by atoms with Crippen LogP contribution in [0.1, 0.15) is 70.9 Å². The summed E-state index contributed by atoms with van der Waals surface area (Å²) in [5.74, 6) is -0.464. The predicted molar refractivity (Wildman–Crippen MR) is 143 cm³/mol. The molecule has 0 aromatic carbocycles. The first-order valence-electron chi connectivity index (χ1n) is 12.1. The standard InChI is InChI=1S/C27H42N2O6S/c1-10-22(31)19(6)24(33-9)17(4)12-11-13-18(5)25(34-20(7)30)21-15-36-26(29-21)23(14-16(2)3)35-27(32)28-8/h10-13,15-16,18-19,22-25,31H,1,14H2,2-9H3,(H,28,32)/b13-11+,17-12+/t18-,19-,22+,23-,24+,25-/m0/s1. The monoisotopic (exact) mass is 522 g/mol. The van der Waals surface area contributed by atoms with Gasteiger partial charge in [-0.25, -0.2) is 9.78 Å². The molecule has 0 aliphatic carbocycles. The number of esters is 1. The number of carbonyl (C=O) groups excluding carboxylic acids is 2. The number of aromatic nitrogens is 1. The van der Waals surface area contributed by atoms with Gasteiger partial charge in [-0.3, -0.25) is 4.79 Å². The van der Waals surface area contributed by atoms with Crippen molar-refractivity contribution in [3.05, 3.63) is 52.5 Å². The van der Waals surface area contributed by atoms with Crippen LogP contribution in [-0.2, 0) is 19.0 Å². The van der Waals surface area contributed by atoms with Crippen LogP contribution in [0.15, 0.2) is 41.8 Å². The molecule has 0 bridgehead atoms. The Morgan fingerprint density at radius 1 is 1.22 bits per heavy atom. The number of carbonyl (C=O) groups is 2. The Hall–Kier alpha value is -2.49. The van der Waals surface area contributed by atoms with Gasteiger partial charge in [0.05, 0.1) is 17.9 Å². The molecule has 1 aromatic heterocycles. The van der Waals surface area contributed by atoms with Gasteiger partial charge < -0.3 is 24.6 Å². The second-order valence-electron chi connectivity index (χ2n) is 9.31. The highest BCUT2D eigenvalue weighted by molar-refractivity contribution is 7.09. The maximum Gasteiger partial charge on any atom is 0.407 e. The molecule has 0 radical (unpaired) electrons. The van der Waals surface area contributed by atoms with Crippen LogP contribution in [0.25, 0.3) is 0 Å². The fourth-order valence-corrected chi connectivity index (χ4v) is 4.68. The number of allylic oxidation sites excluding steroid dienone is 2. The van der Waals surface area contributed by atoms with Crippen molar-refractivity contribution in [1.82, 2.24) is 10.3 Å². The lowest BCUT2D eigenvalue weighted by molar-refractivity contribution is -0.148. The van der Waals surface area contributed by atoms with Gasteiger partial charge in [-0.1, -0.05) is 52.0 Å². The Bertz CT molecular complexity index is 910. The smallest absolute Gasteiger partial charge is 0.407 e. The molecule has 1 aromatic rings. The molecule has 1 heterocycles. The number of methoxy groups -OCH3 is 1. The fraction of sp³-hybridized carbons (Fsp3) is 0.593. The number of rotatable bonds is 14. The van der Waals surface area contributed by atoms with E-state index < -0.39 is 30.4 Å². The molecule has 1 rings (SSSR count). The number of thiazole rings is 1. The van der Waals surface area contributed by atoms with E-state index in [9.17, 15) is 14.7 Å². The molecule has 9 heteroatoms. The van der Waals surface area contributed by atoms with E-state index in [2.05, 4.69) is 11.9 Å². The average molecular weight is 523 g/mol. The first-order valence-corrected chi connectivity index (χ1v) is 13.0. The number of hydrogen-bond donors (Lipinski definition) is 2. The highest BCUT2D eigenvalue weighted by Crippen LogP contribution is 2.33. The van der Waals surface area contributed by atoms with Crippen LogP contribution in [-0.4, -0.2) is 48.5 Å². The van der Waals surface area contributed by atoms with Crippen molar-refractivity contribution in [1.29, 1.82) is 0 Å². The van der Waals surface area contributed by atoms with Gasteiger partial charge in [-0.15, -0.1) is 17.9 Å². The quantitative estimate of drug-likeness (QED) is 0.188. The van der Waals surface area contributed by atoms with Crippen molar-refractivity contribution in [2.75, 3.05) is 14.2 Å². The van der Waals surface area contributed by atoms with Crippen LogP contribution in [0.5, 0.6) is 0 Å². The zero-order valence-corrected chi connectivity index (χ0v) is 23.5. The lowest BCUT2D eigenvalue weighted by Crippen LogP contribution is -2.30. The highest BCUT2D eigenvalue weighted by Gasteiger charge is 2.27. The Labute approximate surface area is 219 Å². The minimum atomic E-state index is -0.680. The fourth-order valence-electron chi connectivity index (χ4n) is 3.80. The van der Waals surface area contributed by atoms with Gasteiger partial charge in [0.1, 0.15) is 5.01 Å². The molecule has 202 valence electrons. The number of nitrogens with zero attached hydrogens (tertiary/aromatic N) is 1. The molecule has 0 aliphatic heterocycles. The van der Waals surface area contributed by atoms with Gasteiger partial charge >= 0.3 is 12.1 Å². The average Bonchev–Trinajstić information content (AvgIpc) is 3.31. The summed E-state index contributed by atoms with van der Waals surface area (Å²) >= 11 is 1.38. The zero-order chi connectivity index (χ0) is 27.4. The molecule has 2 N–H and O–H groups in total. The molecule has 0 unspecified atom stereocenters. The lowest BCUT2D eigenvalue weighted by Gasteiger charge is -2.26. The van der Waals surface area contributed by atoms with Gasteiger partial charge in [-0.2, -0.15) is 0 Å². The Kier molecular flexibility index (Phi) is 13.7. The number of aliphatic hydroxyl groups is 1. The molecule has 0 saturated heterocycles. The van der Waals surface area contributed by atoms with Gasteiger partial charge in [0.2, 0.25) is 0 Å². The number of aliphatic hydroxyl groups excluding tert-OH is 1. The third kappa shape index (κ3) is 9.87. The van der Waals surface area contributed by atoms with Crippen LogP contribution in [0.4, 0.5) is 4.79 Å². The number of amides is 1. The number of hydrogen-bond acceptors (Lipinski definition) is 8. The van der Waals surface area contributed by atoms with E-state index in [-0.39, 0.29) is 17.9 Å². The summed E-state index contributed by atoms with van der Waals surface area (Å²) in [6.45, 7) is 14.9. The van der Waals surface area contributed by atoms with E-state index in [1.807, 2.05) is 58.2 Å². The topological polar surface area (TPSA) is 107 Å². The van der Waals surface area contributed by atoms with Crippen LogP contribution >= 0.6 is 11.3 Å². The predicted octanol–water partition coefficient (Wildman–Crippen LogP) is 5.53. The molecule has 6 atom stereocenters. The molecule has 0 aliphatic rings. The molecule has 8 nitrogen and oxygen atoms in total. The molecule has 36 heavy (non-hydrogen) atoms. The van der Waals surface area contributed by atoms with Gasteiger partial charge in [0.25, 0.3) is 0 Å². The van der Waals surface area contributed by atoms with E-state index in [1.165, 1.54) is 31.4 Å². The number of ether oxygens (including phenoxy) is 3. The minimum absolute atomic E-state index is 0.160. The van der Waals surface area contributed by atoms with Crippen molar-refractivity contribution < 1.29 is 28.9 Å². The van der Waals surface area contributed by atoms with Crippen molar-refractivity contribution in [3.8, 4) is 0 Å². The third-order valence-electron chi connectivity index (χ3n) is 5.75. The molecule has 0 saturated carbocycles. The summed E-state index contributed by atoms with van der Waals surface area (Å²) in [6.07, 6.45) is 5.30. The second-order valence-corrected chi connectivity index (χ2v) is 10.2. The molecule has 0 spiro atoms. The van der Waals surface area contributed by atoms with Crippen LogP contribution in [0.3, 0.4) is 0 Å². The summed E-state index contributed by atoms with van der Waals surface area (Å²) in [6, 6.07) is 0. The highest BCUT2D eigenvalue weighted by atomic mass is 32.1. The van der Waals surface area contributed by atoms with Crippen molar-refractivity contribution in [3.63, 3.8) is 0 Å². The minimum Gasteiger partial charge on any atom is -0.455 e. The van der Waals surface area contributed by atoms with E-state index in [0.717, 1.165) is 5.57 Å². The van der Waals surface area contributed by atoms with E-state index in [0.29, 0.717) is 23.0 Å². The SMILES string of the molecule is C=C[C@@H](O)[C@H](C)[C@H](OC)/C(C)=C/C=C/[C@H](C)[C@H](OC(C)=O)c1csc([C@H](CC(C)C)OC(=O)NC)n1. The first-order chi connectivity index (χ1) is 16.9. The number of nitrogens with one attached hydrogen (secondary N) is 1. The van der Waals surface area contributed by atoms with Gasteiger partial charge in [0, 0.05) is 38.3 Å². The van der Waals surface area contributed by atoms with Gasteiger partial charge in [0.15, 0.2) is 12.2 Å². The van der Waals surface area contributed by atoms with Gasteiger partial charge in [-0.05, 0) is 24.8 Å². The summed E-state index contributed by atoms with van der Waals surface area (Å²) in [5.41, 5.74) is 1.55. The van der Waals surface area contributed by atoms with Crippen LogP contribution < -0.4 is 5.32 Å². The second kappa shape index (κ2) is 15.6. The largest absolute Gasteiger partial charge is 0.455 e. The zero-order valence-electron chi connectivity index (χ0n) is 22.7. The summed E-state index contributed by atoms with van der Waals surface area (Å²) in [7, 11) is 3.12. The Morgan fingerprint density at radius 3 is 2.42 bits per heavy atom. The van der Waals surface area contributed by atoms with Crippen molar-refractivity contribution >= 4 is 23.4 Å². The van der Waals surface area contributed by atoms with Crippen molar-refractivity contribution in [2.24, 2.45) is 17.8 Å². The maximum atomic E-state index is 11.9. The Balaban J connectivity index is 3.14. The normalized spacial score (nSPS) is 17.2. The van der Waals surface area contributed by atoms with Crippen molar-refractivity contribution in [2.45, 2.75) is 72.4 Å². The molecular weight excluding hydrogens is 480 g/mol. The number of alkyl carbamates (subject to hydrolysis) is 1. The molecule has 0 fully saturated rings. The molecular formula is C27H42N2O6S. The summed E-state index contributed by atoms with van der Waals surface area (Å²) < 4.78 is 16.7. The maximum absolute atomic E-state index is 11.9. The van der Waals surface area contributed by atoms with Crippen LogP contribution in [0.2, 0.25) is 0 Å². The molecule has 1 amide bonds. The van der Waals surface area contributed by atoms with E-state index >= 15 is 0 Å². The summed E-state index contributed by atoms with van der Waals surface area (Å²) in [4.78, 5) is 28.4. The first kappa shape index (κ1) is 31.5. The van der Waals surface area contributed by atoms with E-state index in [4.69, 9.17) is 19.2 Å².